The Morgan fingerprint density at radius 3 is 2.28 bits per heavy atom. The molecule has 0 aliphatic carbocycles. The van der Waals surface area contributed by atoms with Crippen molar-refractivity contribution in [2.45, 2.75) is 19.8 Å². The number of rotatable bonds is 13. The Bertz CT molecular complexity index is 768. The maximum atomic E-state index is 12.4. The van der Waals surface area contributed by atoms with E-state index in [1.165, 1.54) is 0 Å². The summed E-state index contributed by atoms with van der Waals surface area (Å²) in [6, 6.07) is 16.4. The van der Waals surface area contributed by atoms with Crippen LogP contribution in [0.5, 0.6) is 5.75 Å². The van der Waals surface area contributed by atoms with Crippen molar-refractivity contribution in [3.05, 3.63) is 78.4 Å². The zero-order valence-electron chi connectivity index (χ0n) is 16.8. The van der Waals surface area contributed by atoms with Gasteiger partial charge in [-0.1, -0.05) is 43.8 Å². The molecule has 0 bridgehead atoms. The molecule has 1 atom stereocenters. The molecule has 5 nitrogen and oxygen atoms in total. The normalized spacial score (nSPS) is 11.5. The summed E-state index contributed by atoms with van der Waals surface area (Å²) in [5.41, 5.74) is 1.31. The maximum absolute atomic E-state index is 12.4. The van der Waals surface area contributed by atoms with Gasteiger partial charge in [0.2, 0.25) is 0 Å². The summed E-state index contributed by atoms with van der Waals surface area (Å²) in [7, 11) is 0. The second kappa shape index (κ2) is 12.5. The third-order valence-electron chi connectivity index (χ3n) is 4.18. The summed E-state index contributed by atoms with van der Waals surface area (Å²) in [5.74, 6) is 0.567. The van der Waals surface area contributed by atoms with Gasteiger partial charge in [0.1, 0.15) is 5.75 Å². The molecule has 0 saturated carbocycles. The largest absolute Gasteiger partial charge is 0.493 e. The predicted octanol–water partition coefficient (Wildman–Crippen LogP) is 4.46. The lowest BCUT2D eigenvalue weighted by atomic mass is 10.0. The Hall–Kier alpha value is -2.92. The summed E-state index contributed by atoms with van der Waals surface area (Å²) >= 11 is 0. The third-order valence-corrected chi connectivity index (χ3v) is 4.18. The average Bonchev–Trinajstić information content (AvgIpc) is 2.77. The highest BCUT2D eigenvalue weighted by molar-refractivity contribution is 6.08. The number of unbranched alkanes of at least 4 members (excludes halogenated alkanes) is 1. The van der Waals surface area contributed by atoms with Crippen molar-refractivity contribution in [3.63, 3.8) is 0 Å². The monoisotopic (exact) mass is 396 g/mol. The summed E-state index contributed by atoms with van der Waals surface area (Å²) in [6.45, 7) is 7.53. The van der Waals surface area contributed by atoms with E-state index in [2.05, 4.69) is 13.5 Å². The first kappa shape index (κ1) is 22.4. The molecule has 0 aromatic heterocycles. The summed E-state index contributed by atoms with van der Waals surface area (Å²) in [5, 5.41) is 0. The van der Waals surface area contributed by atoms with Crippen LogP contribution in [0.4, 0.5) is 0 Å². The van der Waals surface area contributed by atoms with Crippen LogP contribution < -0.4 is 4.74 Å². The first-order valence-corrected chi connectivity index (χ1v) is 9.79. The van der Waals surface area contributed by atoms with Gasteiger partial charge >= 0.3 is 5.97 Å². The Labute approximate surface area is 172 Å². The van der Waals surface area contributed by atoms with Gasteiger partial charge in [-0.3, -0.25) is 4.79 Å². The van der Waals surface area contributed by atoms with E-state index in [9.17, 15) is 9.59 Å². The first-order chi connectivity index (χ1) is 14.1. The number of hydrogen-bond donors (Lipinski definition) is 0. The molecule has 0 aliphatic heterocycles. The molecule has 2 aromatic carbocycles. The molecular formula is C24H28O5. The lowest BCUT2D eigenvalue weighted by Crippen LogP contribution is -2.15. The van der Waals surface area contributed by atoms with Gasteiger partial charge in [0, 0.05) is 29.7 Å². The number of carbonyl (C=O) groups is 2. The molecule has 0 radical (unpaired) electrons. The first-order valence-electron chi connectivity index (χ1n) is 9.79. The minimum Gasteiger partial charge on any atom is -0.493 e. The molecule has 0 heterocycles. The third kappa shape index (κ3) is 8.32. The van der Waals surface area contributed by atoms with Crippen LogP contribution in [0.3, 0.4) is 0 Å². The summed E-state index contributed by atoms with van der Waals surface area (Å²) < 4.78 is 16.3. The summed E-state index contributed by atoms with van der Waals surface area (Å²) in [4.78, 5) is 23.3. The molecule has 0 fully saturated rings. The van der Waals surface area contributed by atoms with E-state index < -0.39 is 5.97 Å². The van der Waals surface area contributed by atoms with Gasteiger partial charge in [-0.2, -0.15) is 0 Å². The van der Waals surface area contributed by atoms with E-state index in [4.69, 9.17) is 14.2 Å². The van der Waals surface area contributed by atoms with Crippen molar-refractivity contribution < 1.29 is 23.8 Å². The number of carbonyl (C=O) groups excluding carboxylic acids is 2. The van der Waals surface area contributed by atoms with Gasteiger partial charge in [0.05, 0.1) is 19.8 Å². The minimum absolute atomic E-state index is 0.00169. The standard InChI is InChI=1S/C24H28O5/c1-3-23(25)28-16-8-7-15-27-17-19(2)18-29-22-13-11-21(12-14-22)24(26)20-9-5-4-6-10-20/h3-6,9-14,19H,1,7-8,15-18H2,2H3/t19-/m1/s1. The highest BCUT2D eigenvalue weighted by atomic mass is 16.5. The van der Waals surface area contributed by atoms with Crippen LogP contribution in [0.15, 0.2) is 67.3 Å². The van der Waals surface area contributed by atoms with Crippen molar-refractivity contribution in [3.8, 4) is 5.75 Å². The molecule has 0 amide bonds. The van der Waals surface area contributed by atoms with Crippen LogP contribution in [-0.4, -0.2) is 38.2 Å². The Morgan fingerprint density at radius 1 is 0.931 bits per heavy atom. The van der Waals surface area contributed by atoms with Crippen molar-refractivity contribution in [1.82, 2.24) is 0 Å². The molecule has 29 heavy (non-hydrogen) atoms. The topological polar surface area (TPSA) is 61.8 Å². The highest BCUT2D eigenvalue weighted by Crippen LogP contribution is 2.16. The van der Waals surface area contributed by atoms with Crippen LogP contribution in [0.2, 0.25) is 0 Å². The number of benzene rings is 2. The van der Waals surface area contributed by atoms with Crippen LogP contribution in [0, 0.1) is 5.92 Å². The number of ketones is 1. The Balaban J connectivity index is 1.62. The molecule has 154 valence electrons. The molecule has 0 N–H and O–H groups in total. The van der Waals surface area contributed by atoms with Crippen molar-refractivity contribution in [2.75, 3.05) is 26.4 Å². The fraction of sp³-hybridized carbons (Fsp3) is 0.333. The number of ether oxygens (including phenoxy) is 3. The zero-order chi connectivity index (χ0) is 20.9. The van der Waals surface area contributed by atoms with Gasteiger partial charge in [-0.25, -0.2) is 4.79 Å². The van der Waals surface area contributed by atoms with Gasteiger partial charge in [-0.15, -0.1) is 0 Å². The number of hydrogen-bond acceptors (Lipinski definition) is 5. The molecule has 0 unspecified atom stereocenters. The zero-order valence-corrected chi connectivity index (χ0v) is 16.8. The Kier molecular flexibility index (Phi) is 9.66. The SMILES string of the molecule is C=CC(=O)OCCCCOC[C@@H](C)COc1ccc(C(=O)c2ccccc2)cc1. The number of esters is 1. The average molecular weight is 396 g/mol. The van der Waals surface area contributed by atoms with Gasteiger partial charge < -0.3 is 14.2 Å². The van der Waals surface area contributed by atoms with Gasteiger partial charge in [0.15, 0.2) is 5.78 Å². The van der Waals surface area contributed by atoms with E-state index in [0.717, 1.165) is 24.7 Å². The predicted molar refractivity (Wildman–Crippen MR) is 112 cm³/mol. The van der Waals surface area contributed by atoms with Crippen molar-refractivity contribution in [1.29, 1.82) is 0 Å². The second-order valence-corrected chi connectivity index (χ2v) is 6.79. The minimum atomic E-state index is -0.394. The molecule has 0 saturated heterocycles. The highest BCUT2D eigenvalue weighted by Gasteiger charge is 2.09. The smallest absolute Gasteiger partial charge is 0.330 e. The fourth-order valence-electron chi connectivity index (χ4n) is 2.57. The van der Waals surface area contributed by atoms with Gasteiger partial charge in [0.25, 0.3) is 0 Å². The molecule has 5 heteroatoms. The summed E-state index contributed by atoms with van der Waals surface area (Å²) in [6.07, 6.45) is 2.75. The van der Waals surface area contributed by atoms with E-state index in [-0.39, 0.29) is 11.7 Å². The quantitative estimate of drug-likeness (QED) is 0.217. The van der Waals surface area contributed by atoms with Crippen LogP contribution >= 0.6 is 0 Å². The fourth-order valence-corrected chi connectivity index (χ4v) is 2.57. The van der Waals surface area contributed by atoms with E-state index in [1.54, 1.807) is 12.1 Å². The molecule has 0 spiro atoms. The Morgan fingerprint density at radius 2 is 1.59 bits per heavy atom. The lowest BCUT2D eigenvalue weighted by Gasteiger charge is -2.14. The van der Waals surface area contributed by atoms with Gasteiger partial charge in [-0.05, 0) is 37.1 Å². The van der Waals surface area contributed by atoms with Crippen LogP contribution in [-0.2, 0) is 14.3 Å². The van der Waals surface area contributed by atoms with Crippen molar-refractivity contribution in [2.24, 2.45) is 5.92 Å². The van der Waals surface area contributed by atoms with Crippen molar-refractivity contribution >= 4 is 11.8 Å². The van der Waals surface area contributed by atoms with E-state index >= 15 is 0 Å². The molecule has 2 rings (SSSR count). The second-order valence-electron chi connectivity index (χ2n) is 6.79. The van der Waals surface area contributed by atoms with Crippen LogP contribution in [0.1, 0.15) is 35.7 Å². The molecular weight excluding hydrogens is 368 g/mol. The van der Waals surface area contributed by atoms with Crippen LogP contribution in [0.25, 0.3) is 0 Å². The maximum Gasteiger partial charge on any atom is 0.330 e. The molecule has 0 aliphatic rings. The van der Waals surface area contributed by atoms with E-state index in [1.807, 2.05) is 42.5 Å². The molecule has 2 aromatic rings. The van der Waals surface area contributed by atoms with E-state index in [0.29, 0.717) is 37.6 Å². The lowest BCUT2D eigenvalue weighted by molar-refractivity contribution is -0.137.